The van der Waals surface area contributed by atoms with Crippen LogP contribution in [0.2, 0.25) is 0 Å². The maximum Gasteiger partial charge on any atom is 0.243 e. The smallest absolute Gasteiger partial charge is 0.243 e. The van der Waals surface area contributed by atoms with E-state index in [2.05, 4.69) is 33.4 Å². The molecular formula is C28H31BrN2O2S. The molecule has 34 heavy (non-hydrogen) atoms. The minimum absolute atomic E-state index is 0.00401. The first-order chi connectivity index (χ1) is 16.6. The number of halogens is 1. The largest absolute Gasteiger partial charge is 0.355 e. The van der Waals surface area contributed by atoms with Crippen LogP contribution in [0.15, 0.2) is 89.4 Å². The van der Waals surface area contributed by atoms with E-state index in [9.17, 15) is 9.59 Å². The molecule has 0 bridgehead atoms. The van der Waals surface area contributed by atoms with Crippen LogP contribution in [-0.2, 0) is 28.3 Å². The van der Waals surface area contributed by atoms with Gasteiger partial charge in [-0.25, -0.2) is 0 Å². The minimum Gasteiger partial charge on any atom is -0.355 e. The Hall–Kier alpha value is -2.57. The number of nitrogens with one attached hydrogen (secondary N) is 1. The predicted molar refractivity (Wildman–Crippen MR) is 145 cm³/mol. The normalized spacial score (nSPS) is 11.6. The van der Waals surface area contributed by atoms with Gasteiger partial charge in [0.25, 0.3) is 0 Å². The zero-order chi connectivity index (χ0) is 24.2. The lowest BCUT2D eigenvalue weighted by Gasteiger charge is -2.31. The molecule has 1 atom stereocenters. The number of benzene rings is 3. The Morgan fingerprint density at radius 2 is 1.50 bits per heavy atom. The van der Waals surface area contributed by atoms with Crippen molar-refractivity contribution in [3.8, 4) is 0 Å². The molecule has 0 saturated carbocycles. The molecule has 178 valence electrons. The first kappa shape index (κ1) is 26.0. The van der Waals surface area contributed by atoms with E-state index in [0.717, 1.165) is 21.4 Å². The van der Waals surface area contributed by atoms with Gasteiger partial charge in [0, 0.05) is 41.9 Å². The number of nitrogens with zero attached hydrogens (tertiary/aromatic N) is 1. The fourth-order valence-electron chi connectivity index (χ4n) is 3.70. The monoisotopic (exact) mass is 538 g/mol. The molecule has 0 aliphatic heterocycles. The molecule has 0 aromatic heterocycles. The molecule has 0 radical (unpaired) electrons. The quantitative estimate of drug-likeness (QED) is 0.294. The van der Waals surface area contributed by atoms with Crippen LogP contribution in [0.25, 0.3) is 0 Å². The Morgan fingerprint density at radius 3 is 2.12 bits per heavy atom. The predicted octanol–water partition coefficient (Wildman–Crippen LogP) is 5.85. The van der Waals surface area contributed by atoms with Crippen LogP contribution in [0.5, 0.6) is 0 Å². The number of likely N-dealkylation sites (N-methyl/N-ethyl adjacent to an activating group) is 1. The molecule has 4 nitrogen and oxygen atoms in total. The molecule has 3 rings (SSSR count). The van der Waals surface area contributed by atoms with Crippen LogP contribution in [0.1, 0.15) is 30.0 Å². The Bertz CT molecular complexity index is 1030. The summed E-state index contributed by atoms with van der Waals surface area (Å²) in [5.41, 5.74) is 3.28. The van der Waals surface area contributed by atoms with Gasteiger partial charge >= 0.3 is 0 Å². The van der Waals surface area contributed by atoms with E-state index < -0.39 is 6.04 Å². The molecule has 0 spiro atoms. The minimum atomic E-state index is -0.572. The fourth-order valence-corrected chi connectivity index (χ4v) is 4.86. The fraction of sp³-hybridized carbons (Fsp3) is 0.286. The summed E-state index contributed by atoms with van der Waals surface area (Å²) < 4.78 is 0.982. The van der Waals surface area contributed by atoms with Gasteiger partial charge in [0.1, 0.15) is 6.04 Å². The van der Waals surface area contributed by atoms with Crippen LogP contribution in [0.4, 0.5) is 0 Å². The third-order valence-electron chi connectivity index (χ3n) is 5.46. The van der Waals surface area contributed by atoms with Crippen molar-refractivity contribution >= 4 is 39.5 Å². The van der Waals surface area contributed by atoms with Crippen LogP contribution in [0, 0.1) is 0 Å². The van der Waals surface area contributed by atoms with E-state index in [0.29, 0.717) is 31.7 Å². The van der Waals surface area contributed by atoms with Gasteiger partial charge in [-0.1, -0.05) is 88.7 Å². The highest BCUT2D eigenvalue weighted by atomic mass is 79.9. The van der Waals surface area contributed by atoms with Crippen molar-refractivity contribution in [2.45, 2.75) is 38.1 Å². The van der Waals surface area contributed by atoms with E-state index in [1.54, 1.807) is 16.7 Å². The standard InChI is InChI=1S/C28H31BrN2O2S/c1-2-30-28(33)26(19-22-9-5-3-6-10-22)31(20-23-13-15-25(29)16-14-23)27(32)17-18-34-21-24-11-7-4-8-12-24/h3-16,26H,2,17-21H2,1H3,(H,30,33)/t26-/m0/s1. The summed E-state index contributed by atoms with van der Waals surface area (Å²) in [6.07, 6.45) is 0.866. The molecule has 0 aliphatic rings. The van der Waals surface area contributed by atoms with Crippen molar-refractivity contribution in [1.29, 1.82) is 0 Å². The van der Waals surface area contributed by atoms with Gasteiger partial charge in [0.05, 0.1) is 0 Å². The van der Waals surface area contributed by atoms with Crippen LogP contribution >= 0.6 is 27.7 Å². The molecule has 0 saturated heterocycles. The Balaban J connectivity index is 1.76. The topological polar surface area (TPSA) is 49.4 Å². The second kappa shape index (κ2) is 14.0. The number of carbonyl (C=O) groups is 2. The van der Waals surface area contributed by atoms with Crippen LogP contribution in [-0.4, -0.2) is 35.1 Å². The molecule has 6 heteroatoms. The Labute approximate surface area is 215 Å². The number of carbonyl (C=O) groups excluding carboxylic acids is 2. The summed E-state index contributed by atoms with van der Waals surface area (Å²) in [5, 5.41) is 2.94. The molecule has 0 unspecified atom stereocenters. The second-order valence-corrected chi connectivity index (χ2v) is 10.1. The molecule has 1 N–H and O–H groups in total. The molecule has 0 aliphatic carbocycles. The van der Waals surface area contributed by atoms with Crippen molar-refractivity contribution in [2.75, 3.05) is 12.3 Å². The summed E-state index contributed by atoms with van der Waals surface area (Å²) in [7, 11) is 0. The number of rotatable bonds is 12. The third kappa shape index (κ3) is 8.33. The highest BCUT2D eigenvalue weighted by Crippen LogP contribution is 2.19. The zero-order valence-electron chi connectivity index (χ0n) is 19.5. The van der Waals surface area contributed by atoms with Crippen molar-refractivity contribution in [2.24, 2.45) is 0 Å². The van der Waals surface area contributed by atoms with Gasteiger partial charge in [0.2, 0.25) is 11.8 Å². The number of thioether (sulfide) groups is 1. The molecular weight excluding hydrogens is 508 g/mol. The van der Waals surface area contributed by atoms with Crippen LogP contribution in [0.3, 0.4) is 0 Å². The van der Waals surface area contributed by atoms with E-state index >= 15 is 0 Å². The Kier molecular flexibility index (Phi) is 10.7. The first-order valence-electron chi connectivity index (χ1n) is 11.5. The van der Waals surface area contributed by atoms with E-state index in [1.807, 2.05) is 79.7 Å². The van der Waals surface area contributed by atoms with E-state index in [-0.39, 0.29) is 11.8 Å². The van der Waals surface area contributed by atoms with Gasteiger partial charge < -0.3 is 10.2 Å². The van der Waals surface area contributed by atoms with Gasteiger partial charge in [-0.05, 0) is 35.7 Å². The van der Waals surface area contributed by atoms with Crippen molar-refractivity contribution in [3.63, 3.8) is 0 Å². The number of amides is 2. The molecule has 0 heterocycles. The van der Waals surface area contributed by atoms with Gasteiger partial charge in [-0.15, -0.1) is 0 Å². The van der Waals surface area contributed by atoms with Gasteiger partial charge in [-0.2, -0.15) is 11.8 Å². The lowest BCUT2D eigenvalue weighted by molar-refractivity contribution is -0.140. The van der Waals surface area contributed by atoms with Crippen molar-refractivity contribution in [1.82, 2.24) is 10.2 Å². The lowest BCUT2D eigenvalue weighted by Crippen LogP contribution is -2.50. The highest BCUT2D eigenvalue weighted by molar-refractivity contribution is 9.10. The SMILES string of the molecule is CCNC(=O)[C@H](Cc1ccccc1)N(Cc1ccc(Br)cc1)C(=O)CCSCc1ccccc1. The summed E-state index contributed by atoms with van der Waals surface area (Å²) in [6.45, 7) is 2.82. The van der Waals surface area contributed by atoms with Crippen molar-refractivity contribution in [3.05, 3.63) is 106 Å². The maximum absolute atomic E-state index is 13.5. The van der Waals surface area contributed by atoms with E-state index in [4.69, 9.17) is 0 Å². The maximum atomic E-state index is 13.5. The summed E-state index contributed by atoms with van der Waals surface area (Å²) in [6, 6.07) is 27.5. The summed E-state index contributed by atoms with van der Waals surface area (Å²) >= 11 is 5.21. The molecule has 2 amide bonds. The average molecular weight is 540 g/mol. The average Bonchev–Trinajstić information content (AvgIpc) is 2.86. The molecule has 0 fully saturated rings. The molecule has 3 aromatic carbocycles. The molecule has 3 aromatic rings. The highest BCUT2D eigenvalue weighted by Gasteiger charge is 2.29. The lowest BCUT2D eigenvalue weighted by atomic mass is 10.0. The third-order valence-corrected chi connectivity index (χ3v) is 7.02. The van der Waals surface area contributed by atoms with E-state index in [1.165, 1.54) is 5.56 Å². The zero-order valence-corrected chi connectivity index (χ0v) is 21.9. The van der Waals surface area contributed by atoms with Gasteiger partial charge in [-0.3, -0.25) is 9.59 Å². The number of hydrogen-bond acceptors (Lipinski definition) is 3. The van der Waals surface area contributed by atoms with Gasteiger partial charge in [0.15, 0.2) is 0 Å². The van der Waals surface area contributed by atoms with Crippen molar-refractivity contribution < 1.29 is 9.59 Å². The van der Waals surface area contributed by atoms with Crippen LogP contribution < -0.4 is 5.32 Å². The second-order valence-electron chi connectivity index (χ2n) is 8.04. The number of hydrogen-bond donors (Lipinski definition) is 1. The first-order valence-corrected chi connectivity index (χ1v) is 13.5. The summed E-state index contributed by atoms with van der Waals surface area (Å²) in [4.78, 5) is 28.4. The summed E-state index contributed by atoms with van der Waals surface area (Å²) in [5.74, 6) is 1.45. The Morgan fingerprint density at radius 1 is 0.882 bits per heavy atom.